The van der Waals surface area contributed by atoms with Crippen molar-refractivity contribution in [1.29, 1.82) is 0 Å². The average Bonchev–Trinajstić information content (AvgIpc) is 3.07. The molecule has 2 rings (SSSR count). The molecule has 0 saturated heterocycles. The second-order valence-corrected chi connectivity index (χ2v) is 7.58. The number of unbranched alkanes of at least 4 members (excludes halogenated alkanes) is 2. The van der Waals surface area contributed by atoms with Gasteiger partial charge in [-0.15, -0.1) is 0 Å². The molecule has 1 unspecified atom stereocenters. The minimum absolute atomic E-state index is 0.498. The van der Waals surface area contributed by atoms with E-state index in [1.807, 2.05) is 26.0 Å². The van der Waals surface area contributed by atoms with Gasteiger partial charge in [-0.25, -0.2) is 4.98 Å². The molecule has 0 radical (unpaired) electrons. The summed E-state index contributed by atoms with van der Waals surface area (Å²) in [5.41, 5.74) is 4.36. The molecule has 29 heavy (non-hydrogen) atoms. The number of aromatic nitrogens is 2. The molecule has 0 amide bonds. The van der Waals surface area contributed by atoms with Crippen LogP contribution in [0.2, 0.25) is 0 Å². The zero-order chi connectivity index (χ0) is 22.2. The number of benzene rings is 1. The lowest BCUT2D eigenvalue weighted by Gasteiger charge is -2.06. The molecule has 0 saturated carbocycles. The van der Waals surface area contributed by atoms with Crippen LogP contribution >= 0.6 is 0 Å². The highest BCUT2D eigenvalue weighted by Crippen LogP contribution is 2.16. The van der Waals surface area contributed by atoms with E-state index in [0.717, 1.165) is 29.4 Å². The number of hydrogen-bond donors (Lipinski definition) is 1. The van der Waals surface area contributed by atoms with Crippen molar-refractivity contribution < 1.29 is 0 Å². The minimum Gasteiger partial charge on any atom is -0.342 e. The number of imidazole rings is 1. The second kappa shape index (κ2) is 15.8. The van der Waals surface area contributed by atoms with Crippen molar-refractivity contribution in [1.82, 2.24) is 9.97 Å². The summed E-state index contributed by atoms with van der Waals surface area (Å²) in [6, 6.07) is 6.75. The summed E-state index contributed by atoms with van der Waals surface area (Å²) in [6.45, 7) is 22.7. The van der Waals surface area contributed by atoms with Gasteiger partial charge >= 0.3 is 0 Å². The number of allylic oxidation sites excluding steroid dienone is 2. The van der Waals surface area contributed by atoms with Gasteiger partial charge in [-0.3, -0.25) is 0 Å². The Bertz CT molecular complexity index is 767. The summed E-state index contributed by atoms with van der Waals surface area (Å²) in [5, 5.41) is 1.63. The predicted octanol–water partition coefficient (Wildman–Crippen LogP) is 6.62. The van der Waals surface area contributed by atoms with Crippen LogP contribution in [0, 0.1) is 6.92 Å². The lowest BCUT2D eigenvalue weighted by Crippen LogP contribution is -2.19. The third kappa shape index (κ3) is 10.9. The van der Waals surface area contributed by atoms with Crippen molar-refractivity contribution in [3.05, 3.63) is 63.6 Å². The third-order valence-corrected chi connectivity index (χ3v) is 5.13. The maximum Gasteiger partial charge on any atom is 0.110 e. The quantitative estimate of drug-likeness (QED) is 0.413. The molecule has 2 heteroatoms. The fourth-order valence-corrected chi connectivity index (χ4v) is 2.86. The fourth-order valence-electron chi connectivity index (χ4n) is 2.86. The summed E-state index contributed by atoms with van der Waals surface area (Å²) in [4.78, 5) is 7.55. The highest BCUT2D eigenvalue weighted by Gasteiger charge is 2.07. The van der Waals surface area contributed by atoms with Crippen molar-refractivity contribution in [3.8, 4) is 0 Å². The number of aryl methyl sites for hydroxylation is 3. The normalized spacial score (nSPS) is 11.4. The van der Waals surface area contributed by atoms with Gasteiger partial charge in [0.15, 0.2) is 0 Å². The standard InChI is InChI=1S/C12H20N2.C11H16.C4H8/c1-5-6-7-8-9(2)12-13-10(3)11(4)14-12;1-4-10-7-6-9(3)11(5-2)8-10;1-3-4-2/h9H,3-8H2,1-2H3,(H,13,14);6-8H,4-5H2,1-3H3;3-4H,1-2H3/b;;4-3-. The molecule has 1 heterocycles. The van der Waals surface area contributed by atoms with Crippen LogP contribution in [0.3, 0.4) is 0 Å². The highest BCUT2D eigenvalue weighted by molar-refractivity contribution is 5.30. The first kappa shape index (κ1) is 26.9. The van der Waals surface area contributed by atoms with Gasteiger partial charge in [-0.2, -0.15) is 0 Å². The molecule has 0 aliphatic carbocycles. The summed E-state index contributed by atoms with van der Waals surface area (Å²) < 4.78 is 0. The highest BCUT2D eigenvalue weighted by atomic mass is 14.9. The molecule has 0 aliphatic heterocycles. The van der Waals surface area contributed by atoms with E-state index in [-0.39, 0.29) is 0 Å². The number of H-pyrrole nitrogens is 1. The van der Waals surface area contributed by atoms with Crippen molar-refractivity contribution in [3.63, 3.8) is 0 Å². The smallest absolute Gasteiger partial charge is 0.110 e. The molecule has 1 aromatic heterocycles. The van der Waals surface area contributed by atoms with Crippen molar-refractivity contribution in [2.45, 2.75) is 92.9 Å². The van der Waals surface area contributed by atoms with E-state index in [0.29, 0.717) is 5.92 Å². The summed E-state index contributed by atoms with van der Waals surface area (Å²) in [7, 11) is 0. The Morgan fingerprint density at radius 1 is 1.03 bits per heavy atom. The van der Waals surface area contributed by atoms with Gasteiger partial charge in [0, 0.05) is 5.92 Å². The summed E-state index contributed by atoms with van der Waals surface area (Å²) in [6.07, 6.45) is 11.3. The van der Waals surface area contributed by atoms with Gasteiger partial charge in [0.1, 0.15) is 5.82 Å². The molecule has 2 nitrogen and oxygen atoms in total. The van der Waals surface area contributed by atoms with E-state index in [4.69, 9.17) is 0 Å². The van der Waals surface area contributed by atoms with E-state index in [1.165, 1.54) is 42.4 Å². The molecule has 162 valence electrons. The van der Waals surface area contributed by atoms with Gasteiger partial charge in [-0.05, 0) is 56.7 Å². The van der Waals surface area contributed by atoms with Crippen LogP contribution in [0.1, 0.15) is 95.7 Å². The predicted molar refractivity (Wildman–Crippen MR) is 132 cm³/mol. The SMILES string of the molecule is C/C=C\C.C=c1nc(C(C)CCCCC)[nH]c1=C.CCc1ccc(C)c(CC)c1. The molecule has 0 bridgehead atoms. The Morgan fingerprint density at radius 3 is 2.14 bits per heavy atom. The maximum atomic E-state index is 4.36. The number of aromatic amines is 1. The Kier molecular flexibility index (Phi) is 14.7. The third-order valence-electron chi connectivity index (χ3n) is 5.13. The topological polar surface area (TPSA) is 28.7 Å². The number of rotatable bonds is 7. The average molecular weight is 397 g/mol. The van der Waals surface area contributed by atoms with Gasteiger partial charge < -0.3 is 4.98 Å². The molecule has 1 atom stereocenters. The number of hydrogen-bond acceptors (Lipinski definition) is 1. The maximum absolute atomic E-state index is 4.36. The number of nitrogens with zero attached hydrogens (tertiary/aromatic N) is 1. The van der Waals surface area contributed by atoms with Gasteiger partial charge in [-0.1, -0.05) is 90.5 Å². The van der Waals surface area contributed by atoms with E-state index < -0.39 is 0 Å². The second-order valence-electron chi connectivity index (χ2n) is 7.58. The van der Waals surface area contributed by atoms with Crippen LogP contribution in [0.25, 0.3) is 13.2 Å². The molecule has 1 N–H and O–H groups in total. The Balaban J connectivity index is 0.000000466. The monoisotopic (exact) mass is 396 g/mol. The summed E-state index contributed by atoms with van der Waals surface area (Å²) >= 11 is 0. The first-order valence-corrected chi connectivity index (χ1v) is 11.2. The van der Waals surface area contributed by atoms with Crippen LogP contribution in [-0.4, -0.2) is 9.97 Å². The molecular formula is C27H44N2. The molecule has 0 spiro atoms. The van der Waals surface area contributed by atoms with E-state index >= 15 is 0 Å². The van der Waals surface area contributed by atoms with E-state index in [1.54, 1.807) is 0 Å². The first-order valence-electron chi connectivity index (χ1n) is 11.2. The van der Waals surface area contributed by atoms with E-state index in [2.05, 4.69) is 75.9 Å². The first-order chi connectivity index (χ1) is 13.8. The van der Waals surface area contributed by atoms with Crippen molar-refractivity contribution >= 4 is 13.2 Å². The fraction of sp³-hybridized carbons (Fsp3) is 0.519. The van der Waals surface area contributed by atoms with Crippen molar-refractivity contribution in [2.24, 2.45) is 0 Å². The Morgan fingerprint density at radius 2 is 1.69 bits per heavy atom. The number of nitrogens with one attached hydrogen (secondary N) is 1. The van der Waals surface area contributed by atoms with E-state index in [9.17, 15) is 0 Å². The Hall–Kier alpha value is -2.09. The van der Waals surface area contributed by atoms with Crippen LogP contribution < -0.4 is 10.7 Å². The zero-order valence-electron chi connectivity index (χ0n) is 20.1. The van der Waals surface area contributed by atoms with Crippen LogP contribution in [0.15, 0.2) is 30.4 Å². The summed E-state index contributed by atoms with van der Waals surface area (Å²) in [5.74, 6) is 1.54. The molecular weight excluding hydrogens is 352 g/mol. The lowest BCUT2D eigenvalue weighted by molar-refractivity contribution is 0.579. The zero-order valence-corrected chi connectivity index (χ0v) is 20.1. The van der Waals surface area contributed by atoms with Crippen LogP contribution in [0.4, 0.5) is 0 Å². The molecule has 2 aromatic rings. The van der Waals surface area contributed by atoms with Gasteiger partial charge in [0.05, 0.1) is 10.7 Å². The largest absolute Gasteiger partial charge is 0.342 e. The Labute approximate surface area is 179 Å². The van der Waals surface area contributed by atoms with Gasteiger partial charge in [0.2, 0.25) is 0 Å². The minimum atomic E-state index is 0.498. The lowest BCUT2D eigenvalue weighted by atomic mass is 10.0. The molecule has 0 fully saturated rings. The van der Waals surface area contributed by atoms with Crippen LogP contribution in [-0.2, 0) is 12.8 Å². The van der Waals surface area contributed by atoms with Gasteiger partial charge in [0.25, 0.3) is 0 Å². The van der Waals surface area contributed by atoms with Crippen LogP contribution in [0.5, 0.6) is 0 Å². The van der Waals surface area contributed by atoms with Crippen molar-refractivity contribution in [2.75, 3.05) is 0 Å². The molecule has 1 aromatic carbocycles. The molecule has 0 aliphatic rings.